The minimum Gasteiger partial charge on any atom is -0.496 e. The van der Waals surface area contributed by atoms with Gasteiger partial charge >= 0.3 is 0 Å². The van der Waals surface area contributed by atoms with Gasteiger partial charge in [-0.15, -0.1) is 0 Å². The Hall–Kier alpha value is -5.94. The first-order valence-electron chi connectivity index (χ1n) is 17.6. The summed E-state index contributed by atoms with van der Waals surface area (Å²) in [6, 6.07) is 17.4. The Kier molecular flexibility index (Phi) is 10.3. The van der Waals surface area contributed by atoms with Crippen LogP contribution in [0, 0.1) is 0 Å². The van der Waals surface area contributed by atoms with Gasteiger partial charge in [0.25, 0.3) is 0 Å². The summed E-state index contributed by atoms with van der Waals surface area (Å²) in [5.41, 5.74) is 8.07. The number of pyridine rings is 2. The third kappa shape index (κ3) is 7.12. The molecule has 3 aromatic carbocycles. The molecule has 0 amide bonds. The van der Waals surface area contributed by atoms with Crippen molar-refractivity contribution in [2.24, 2.45) is 0 Å². The number of piperidine rings is 1. The highest BCUT2D eigenvalue weighted by molar-refractivity contribution is 5.89. The SMILES string of the molecule is C.COc1cc2[nH]c(-c3ccc(CN4CCCCC4)cc3)cc(=O)c2cc1-c1cnco1.COc1cc2[nH]c3c(c(=O)c2cc1-c1cnco1)CCC3. The number of nitrogens with zero attached hydrogens (tertiary/aromatic N) is 3. The average Bonchev–Trinajstić information content (AvgIpc) is 4.00. The van der Waals surface area contributed by atoms with Gasteiger partial charge in [-0.2, -0.15) is 0 Å². The first-order valence-corrected chi connectivity index (χ1v) is 17.6. The number of likely N-dealkylation sites (tertiary alicyclic amines) is 1. The molecule has 4 aromatic heterocycles. The van der Waals surface area contributed by atoms with E-state index in [2.05, 4.69) is 49.1 Å². The van der Waals surface area contributed by atoms with E-state index in [0.717, 1.165) is 64.9 Å². The van der Waals surface area contributed by atoms with E-state index in [-0.39, 0.29) is 18.3 Å². The quantitative estimate of drug-likeness (QED) is 0.167. The molecule has 0 saturated carbocycles. The fourth-order valence-corrected chi connectivity index (χ4v) is 7.35. The lowest BCUT2D eigenvalue weighted by molar-refractivity contribution is 0.221. The number of hydrogen-bond donors (Lipinski definition) is 2. The minimum atomic E-state index is -0.0513. The molecular weight excluding hydrogens is 670 g/mol. The van der Waals surface area contributed by atoms with Crippen molar-refractivity contribution >= 4 is 21.8 Å². The Morgan fingerprint density at radius 1 is 0.736 bits per heavy atom. The highest BCUT2D eigenvalue weighted by Crippen LogP contribution is 2.35. The fourth-order valence-electron chi connectivity index (χ4n) is 7.35. The van der Waals surface area contributed by atoms with Crippen molar-refractivity contribution in [3.05, 3.63) is 117 Å². The monoisotopic (exact) mass is 713 g/mol. The smallest absolute Gasteiger partial charge is 0.192 e. The number of ether oxygens (including phenoxy) is 2. The van der Waals surface area contributed by atoms with E-state index in [9.17, 15) is 9.59 Å². The number of fused-ring (bicyclic) bond motifs is 3. The first-order chi connectivity index (χ1) is 25.5. The lowest BCUT2D eigenvalue weighted by Gasteiger charge is -2.26. The second-order valence-corrected chi connectivity index (χ2v) is 13.3. The number of nitrogens with one attached hydrogen (secondary N) is 2. The van der Waals surface area contributed by atoms with Crippen molar-refractivity contribution in [1.82, 2.24) is 24.8 Å². The maximum absolute atomic E-state index is 12.9. The van der Waals surface area contributed by atoms with Crippen molar-refractivity contribution in [3.8, 4) is 45.4 Å². The van der Waals surface area contributed by atoms with E-state index in [4.69, 9.17) is 18.3 Å². The number of H-pyrrole nitrogens is 2. The molecule has 0 spiro atoms. The summed E-state index contributed by atoms with van der Waals surface area (Å²) in [6.07, 6.45) is 12.7. The van der Waals surface area contributed by atoms with Crippen molar-refractivity contribution in [2.75, 3.05) is 27.3 Å². The summed E-state index contributed by atoms with van der Waals surface area (Å²) >= 11 is 0. The summed E-state index contributed by atoms with van der Waals surface area (Å²) < 4.78 is 21.7. The predicted octanol–water partition coefficient (Wildman–Crippen LogP) is 8.16. The number of benzene rings is 3. The Labute approximate surface area is 306 Å². The Morgan fingerprint density at radius 3 is 1.96 bits per heavy atom. The molecule has 53 heavy (non-hydrogen) atoms. The molecule has 0 bridgehead atoms. The van der Waals surface area contributed by atoms with Gasteiger partial charge in [-0.25, -0.2) is 9.97 Å². The number of hydrogen-bond acceptors (Lipinski definition) is 9. The summed E-state index contributed by atoms with van der Waals surface area (Å²) in [5, 5.41) is 1.25. The van der Waals surface area contributed by atoms with Crippen LogP contribution in [0.1, 0.15) is 49.9 Å². The maximum Gasteiger partial charge on any atom is 0.192 e. The average molecular weight is 714 g/mol. The van der Waals surface area contributed by atoms with Crippen molar-refractivity contribution in [2.45, 2.75) is 52.5 Å². The molecule has 5 heterocycles. The maximum atomic E-state index is 12.9. The molecule has 7 aromatic rings. The van der Waals surface area contributed by atoms with E-state index in [0.29, 0.717) is 39.4 Å². The van der Waals surface area contributed by atoms with Crippen LogP contribution in [0.4, 0.5) is 0 Å². The van der Waals surface area contributed by atoms with Crippen LogP contribution in [0.3, 0.4) is 0 Å². The summed E-state index contributed by atoms with van der Waals surface area (Å²) in [6.45, 7) is 3.34. The summed E-state index contributed by atoms with van der Waals surface area (Å²) in [4.78, 5) is 42.7. The van der Waals surface area contributed by atoms with E-state index in [1.807, 2.05) is 18.2 Å². The van der Waals surface area contributed by atoms with Gasteiger partial charge in [-0.1, -0.05) is 38.1 Å². The van der Waals surface area contributed by atoms with Crippen LogP contribution in [-0.2, 0) is 19.4 Å². The highest BCUT2D eigenvalue weighted by atomic mass is 16.5. The molecule has 1 fully saturated rings. The normalized spacial score (nSPS) is 14.0. The van der Waals surface area contributed by atoms with Gasteiger partial charge in [0.1, 0.15) is 11.5 Å². The largest absolute Gasteiger partial charge is 0.496 e. The standard InChI is InChI=1S/C25H25N3O3.C16H14N2O3.CH4/c1-30-24-13-22-19(11-20(24)25-14-26-16-31-25)23(29)12-21(27-22)18-7-5-17(6-8-18)15-28-9-3-2-4-10-28;1-20-14-6-13-10(5-11(14)15-7-17-8-21-15)16(19)9-3-2-4-12(9)18-13;/h5-8,11-14,16H,2-4,9-10,15H2,1H3,(H,27,29);5-8H,2-4H2,1H3,(H,18,19);1H4. The van der Waals surface area contributed by atoms with Crippen LogP contribution in [0.25, 0.3) is 55.7 Å². The van der Waals surface area contributed by atoms with Crippen LogP contribution in [0.15, 0.2) is 98.2 Å². The zero-order valence-corrected chi connectivity index (χ0v) is 29.2. The molecule has 1 aliphatic carbocycles. The van der Waals surface area contributed by atoms with Gasteiger partial charge in [-0.3, -0.25) is 14.5 Å². The number of methoxy groups -OCH3 is 2. The zero-order valence-electron chi connectivity index (χ0n) is 29.2. The molecule has 11 nitrogen and oxygen atoms in total. The summed E-state index contributed by atoms with van der Waals surface area (Å²) in [7, 11) is 3.20. The van der Waals surface area contributed by atoms with Gasteiger partial charge in [-0.05, 0) is 68.5 Å². The molecule has 1 aliphatic heterocycles. The minimum absolute atomic E-state index is 0. The zero-order chi connectivity index (χ0) is 35.6. The topological polar surface area (TPSA) is 139 Å². The van der Waals surface area contributed by atoms with Crippen LogP contribution in [-0.4, -0.2) is 52.1 Å². The van der Waals surface area contributed by atoms with Crippen molar-refractivity contribution in [1.29, 1.82) is 0 Å². The number of oxazole rings is 2. The molecular formula is C42H43N5O6. The van der Waals surface area contributed by atoms with E-state index in [1.165, 1.54) is 50.7 Å². The highest BCUT2D eigenvalue weighted by Gasteiger charge is 2.20. The molecule has 9 rings (SSSR count). The predicted molar refractivity (Wildman–Crippen MR) is 207 cm³/mol. The number of aromatic nitrogens is 4. The Bertz CT molecular complexity index is 2460. The van der Waals surface area contributed by atoms with Gasteiger partial charge in [0.15, 0.2) is 35.2 Å². The van der Waals surface area contributed by atoms with Crippen molar-refractivity contribution in [3.63, 3.8) is 0 Å². The molecule has 0 radical (unpaired) electrons. The lowest BCUT2D eigenvalue weighted by Crippen LogP contribution is -2.29. The van der Waals surface area contributed by atoms with Crippen LogP contribution in [0.2, 0.25) is 0 Å². The van der Waals surface area contributed by atoms with E-state index >= 15 is 0 Å². The molecule has 2 aliphatic rings. The molecule has 0 atom stereocenters. The number of aryl methyl sites for hydroxylation is 1. The van der Waals surface area contributed by atoms with E-state index < -0.39 is 0 Å². The second-order valence-electron chi connectivity index (χ2n) is 13.3. The van der Waals surface area contributed by atoms with Gasteiger partial charge in [0.2, 0.25) is 0 Å². The number of rotatable bonds is 7. The molecule has 11 heteroatoms. The third-order valence-electron chi connectivity index (χ3n) is 10.0. The number of aromatic amines is 2. The van der Waals surface area contributed by atoms with Crippen LogP contribution < -0.4 is 20.3 Å². The molecule has 272 valence electrons. The van der Waals surface area contributed by atoms with Crippen LogP contribution in [0.5, 0.6) is 11.5 Å². The Balaban J connectivity index is 0.000000173. The molecule has 0 unspecified atom stereocenters. The molecule has 1 saturated heterocycles. The second kappa shape index (κ2) is 15.3. The van der Waals surface area contributed by atoms with Gasteiger partial charge in [0, 0.05) is 52.5 Å². The molecule has 2 N–H and O–H groups in total. The van der Waals surface area contributed by atoms with Gasteiger partial charge in [0.05, 0.1) is 48.8 Å². The van der Waals surface area contributed by atoms with Crippen LogP contribution >= 0.6 is 0 Å². The van der Waals surface area contributed by atoms with Gasteiger partial charge < -0.3 is 28.3 Å². The van der Waals surface area contributed by atoms with Crippen molar-refractivity contribution < 1.29 is 18.3 Å². The van der Waals surface area contributed by atoms with E-state index in [1.54, 1.807) is 38.7 Å². The Morgan fingerprint density at radius 2 is 1.36 bits per heavy atom. The third-order valence-corrected chi connectivity index (χ3v) is 10.0. The summed E-state index contributed by atoms with van der Waals surface area (Å²) in [5.74, 6) is 2.43. The fraction of sp³-hybridized carbons (Fsp3) is 0.286. The lowest BCUT2D eigenvalue weighted by atomic mass is 10.0. The first kappa shape index (κ1) is 35.5.